The normalized spacial score (nSPS) is 11.3. The van der Waals surface area contributed by atoms with E-state index < -0.39 is 16.5 Å². The second-order valence-electron chi connectivity index (χ2n) is 16.6. The Morgan fingerprint density at radius 2 is 0.351 bits per heavy atom. The van der Waals surface area contributed by atoms with Gasteiger partial charge in [-0.1, -0.05) is 259 Å². The molecule has 0 rings (SSSR count). The molecule has 0 aliphatic carbocycles. The predicted molar refractivity (Wildman–Crippen MR) is 249 cm³/mol. The smallest absolute Gasteiger partial charge is 0.311 e. The Labute approximate surface area is 369 Å². The van der Waals surface area contributed by atoms with Gasteiger partial charge in [-0.3, -0.25) is 9.13 Å². The van der Waals surface area contributed by atoms with Crippen molar-refractivity contribution in [2.45, 2.75) is 285 Å². The minimum Gasteiger partial charge on any atom is -0.311 e. The molecule has 0 aromatic carbocycles. The fourth-order valence-electron chi connectivity index (χ4n) is 7.06. The van der Waals surface area contributed by atoms with Gasteiger partial charge in [0.2, 0.25) is 0 Å². The van der Waals surface area contributed by atoms with E-state index in [2.05, 4.69) is 27.7 Å². The summed E-state index contributed by atoms with van der Waals surface area (Å²) in [5, 5.41) is 0. The largest absolute Gasteiger partial charge is 0.319 e. The Morgan fingerprint density at radius 1 is 0.228 bits per heavy atom. The van der Waals surface area contributed by atoms with Gasteiger partial charge < -0.3 is 18.1 Å². The second-order valence-corrected chi connectivity index (χ2v) is 18.8. The number of unbranched alkanes of at least 4 members (excludes halogenated alkanes) is 36. The van der Waals surface area contributed by atoms with E-state index in [-0.39, 0.29) is 16.8 Å². The molecule has 0 atom stereocenters. The second kappa shape index (κ2) is 58.9. The molecule has 0 aliphatic heterocycles. The summed E-state index contributed by atoms with van der Waals surface area (Å²) in [5.74, 6) is 0. The monoisotopic (exact) mass is 896 g/mol. The summed E-state index contributed by atoms with van der Waals surface area (Å²) >= 11 is 0. The van der Waals surface area contributed by atoms with Crippen LogP contribution in [-0.4, -0.2) is 26.4 Å². The minimum atomic E-state index is -2.26. The molecule has 57 heavy (non-hydrogen) atoms. The van der Waals surface area contributed by atoms with E-state index in [9.17, 15) is 9.13 Å². The maximum absolute atomic E-state index is 11.7. The average Bonchev–Trinajstić information content (AvgIpc) is 3.20. The molecule has 0 amide bonds. The van der Waals surface area contributed by atoms with Gasteiger partial charge >= 0.3 is 16.5 Å². The molecule has 1 radical (unpaired) electrons. The standard InChI is InChI=1S/2C24H51O3P.Co/c2*1-3-5-7-9-11-13-15-17-19-21-23-26-28(25)27-24-22-20-18-16-14-12-10-8-6-4-2;/h2*28H,3-24H2,1-2H3;. The molecular formula is C48H102CoO6P2. The van der Waals surface area contributed by atoms with E-state index in [1.165, 1.54) is 231 Å². The maximum atomic E-state index is 11.7. The molecular weight excluding hydrogens is 793 g/mol. The molecule has 9 heteroatoms. The predicted octanol–water partition coefficient (Wildman–Crippen LogP) is 18.5. The van der Waals surface area contributed by atoms with Gasteiger partial charge in [-0.2, -0.15) is 0 Å². The Hall–Kier alpha value is 0.806. The van der Waals surface area contributed by atoms with Crippen LogP contribution in [0.1, 0.15) is 285 Å². The van der Waals surface area contributed by atoms with E-state index in [1.807, 2.05) is 0 Å². The molecule has 349 valence electrons. The Balaban J connectivity index is -0.00000101. The zero-order valence-electron chi connectivity index (χ0n) is 38.9. The molecule has 0 saturated heterocycles. The Morgan fingerprint density at radius 3 is 0.491 bits per heavy atom. The van der Waals surface area contributed by atoms with Crippen LogP contribution in [0, 0.1) is 0 Å². The van der Waals surface area contributed by atoms with Gasteiger partial charge in [0, 0.05) is 16.8 Å². The first kappa shape index (κ1) is 62.1. The van der Waals surface area contributed by atoms with Gasteiger partial charge in [-0.15, -0.1) is 0 Å². The van der Waals surface area contributed by atoms with Gasteiger partial charge in [0.05, 0.1) is 26.4 Å². The van der Waals surface area contributed by atoms with E-state index in [1.54, 1.807) is 0 Å². The summed E-state index contributed by atoms with van der Waals surface area (Å²) in [6, 6.07) is 0. The van der Waals surface area contributed by atoms with Crippen LogP contribution in [0.4, 0.5) is 0 Å². The molecule has 0 N–H and O–H groups in total. The van der Waals surface area contributed by atoms with Crippen LogP contribution < -0.4 is 0 Å². The third kappa shape index (κ3) is 61.2. The molecule has 0 saturated carbocycles. The minimum absolute atomic E-state index is 0. The van der Waals surface area contributed by atoms with Gasteiger partial charge in [-0.25, -0.2) is 0 Å². The number of hydrogen-bond acceptors (Lipinski definition) is 6. The van der Waals surface area contributed by atoms with Crippen LogP contribution in [0.15, 0.2) is 0 Å². The van der Waals surface area contributed by atoms with E-state index >= 15 is 0 Å². The first-order valence-corrected chi connectivity index (χ1v) is 27.7. The number of hydrogen-bond donors (Lipinski definition) is 0. The van der Waals surface area contributed by atoms with Crippen LogP contribution >= 0.6 is 16.5 Å². The summed E-state index contributed by atoms with van der Waals surface area (Å²) in [6.45, 7) is 11.4. The molecule has 0 aromatic heterocycles. The van der Waals surface area contributed by atoms with Crippen molar-refractivity contribution >= 4 is 16.5 Å². The van der Waals surface area contributed by atoms with E-state index in [0.29, 0.717) is 26.4 Å². The molecule has 0 heterocycles. The quantitative estimate of drug-likeness (QED) is 0.0448. The zero-order valence-corrected chi connectivity index (χ0v) is 41.9. The third-order valence-electron chi connectivity index (χ3n) is 10.9. The van der Waals surface area contributed by atoms with Gasteiger partial charge in [0.1, 0.15) is 0 Å². The topological polar surface area (TPSA) is 71.1 Å². The molecule has 0 spiro atoms. The first-order chi connectivity index (χ1) is 27.6. The molecule has 0 fully saturated rings. The van der Waals surface area contributed by atoms with Crippen LogP contribution in [0.3, 0.4) is 0 Å². The molecule has 0 aliphatic rings. The Bertz CT molecular complexity index is 632. The van der Waals surface area contributed by atoms with Crippen molar-refractivity contribution < 1.29 is 44.0 Å². The van der Waals surface area contributed by atoms with Crippen molar-refractivity contribution in [2.24, 2.45) is 0 Å². The molecule has 0 unspecified atom stereocenters. The zero-order chi connectivity index (χ0) is 41.1. The molecule has 6 nitrogen and oxygen atoms in total. The molecule has 0 aromatic rings. The first-order valence-electron chi connectivity index (χ1n) is 25.2. The van der Waals surface area contributed by atoms with Gasteiger partial charge in [-0.05, 0) is 25.7 Å². The van der Waals surface area contributed by atoms with Crippen molar-refractivity contribution in [3.63, 3.8) is 0 Å². The van der Waals surface area contributed by atoms with Crippen LogP contribution in [0.2, 0.25) is 0 Å². The Kier molecular flexibility index (Phi) is 64.2. The molecule has 0 bridgehead atoms. The van der Waals surface area contributed by atoms with Crippen molar-refractivity contribution in [2.75, 3.05) is 26.4 Å². The van der Waals surface area contributed by atoms with Gasteiger partial charge in [0.25, 0.3) is 0 Å². The summed E-state index contributed by atoms with van der Waals surface area (Å²) in [5.41, 5.74) is 0. The van der Waals surface area contributed by atoms with Crippen molar-refractivity contribution in [3.05, 3.63) is 0 Å². The summed E-state index contributed by atoms with van der Waals surface area (Å²) in [7, 11) is -4.52. The fourth-order valence-corrected chi connectivity index (χ4v) is 8.47. The third-order valence-corrected chi connectivity index (χ3v) is 12.6. The van der Waals surface area contributed by atoms with Crippen molar-refractivity contribution in [1.29, 1.82) is 0 Å². The van der Waals surface area contributed by atoms with E-state index in [4.69, 9.17) is 18.1 Å². The average molecular weight is 896 g/mol. The SMILES string of the molecule is CCCCCCCCCCCCO[PH](=O)OCCCCCCCCCCCC.CCCCCCCCCCCCO[PH](=O)OCCCCCCCCCCCC.[Co]. The summed E-state index contributed by atoms with van der Waals surface area (Å²) in [4.78, 5) is 0. The van der Waals surface area contributed by atoms with Crippen molar-refractivity contribution in [1.82, 2.24) is 0 Å². The van der Waals surface area contributed by atoms with Crippen LogP contribution in [0.5, 0.6) is 0 Å². The van der Waals surface area contributed by atoms with Gasteiger partial charge in [0.15, 0.2) is 0 Å². The maximum Gasteiger partial charge on any atom is 0.319 e. The van der Waals surface area contributed by atoms with Crippen LogP contribution in [0.25, 0.3) is 0 Å². The van der Waals surface area contributed by atoms with E-state index in [0.717, 1.165) is 25.7 Å². The summed E-state index contributed by atoms with van der Waals surface area (Å²) < 4.78 is 44.7. The van der Waals surface area contributed by atoms with Crippen molar-refractivity contribution in [3.8, 4) is 0 Å². The number of rotatable bonds is 48. The summed E-state index contributed by atoms with van der Waals surface area (Å²) in [6.07, 6.45) is 52.2. The van der Waals surface area contributed by atoms with Crippen LogP contribution in [-0.2, 0) is 44.0 Å². The fraction of sp³-hybridized carbons (Fsp3) is 1.00.